The molecule has 128 valence electrons. The van der Waals surface area contributed by atoms with Crippen molar-refractivity contribution in [3.63, 3.8) is 0 Å². The van der Waals surface area contributed by atoms with Crippen LogP contribution in [0, 0.1) is 6.92 Å². The number of sulfone groups is 1. The molecule has 0 unspecified atom stereocenters. The predicted octanol–water partition coefficient (Wildman–Crippen LogP) is 3.01. The minimum Gasteiger partial charge on any atom is -0.381 e. The SMILES string of the molecule is Cc1ccc(CNc2ccc(S(C)(=O)=O)cc2)c(N2CCCC2)n1. The van der Waals surface area contributed by atoms with Gasteiger partial charge in [0.05, 0.1) is 4.90 Å². The largest absolute Gasteiger partial charge is 0.381 e. The minimum atomic E-state index is -3.15. The third kappa shape index (κ3) is 3.87. The maximum atomic E-state index is 11.5. The molecule has 1 aromatic carbocycles. The molecule has 24 heavy (non-hydrogen) atoms. The fraction of sp³-hybridized carbons (Fsp3) is 0.389. The molecular weight excluding hydrogens is 322 g/mol. The second kappa shape index (κ2) is 6.81. The summed E-state index contributed by atoms with van der Waals surface area (Å²) in [5, 5.41) is 3.36. The van der Waals surface area contributed by atoms with Crippen LogP contribution in [0.25, 0.3) is 0 Å². The first kappa shape index (κ1) is 16.8. The molecule has 1 N–H and O–H groups in total. The van der Waals surface area contributed by atoms with Gasteiger partial charge in [-0.1, -0.05) is 6.07 Å². The summed E-state index contributed by atoms with van der Waals surface area (Å²) in [7, 11) is -3.15. The molecule has 2 aromatic rings. The van der Waals surface area contributed by atoms with Gasteiger partial charge in [0.25, 0.3) is 0 Å². The summed E-state index contributed by atoms with van der Waals surface area (Å²) in [4.78, 5) is 7.40. The number of rotatable bonds is 5. The number of anilines is 2. The van der Waals surface area contributed by atoms with Crippen molar-refractivity contribution < 1.29 is 8.42 Å². The molecule has 5 nitrogen and oxygen atoms in total. The van der Waals surface area contributed by atoms with Crippen LogP contribution in [0.2, 0.25) is 0 Å². The lowest BCUT2D eigenvalue weighted by molar-refractivity contribution is 0.602. The third-order valence-electron chi connectivity index (χ3n) is 4.27. The van der Waals surface area contributed by atoms with Crippen LogP contribution in [0.5, 0.6) is 0 Å². The lowest BCUT2D eigenvalue weighted by Gasteiger charge is -2.21. The number of benzene rings is 1. The number of nitrogens with zero attached hydrogens (tertiary/aromatic N) is 2. The molecule has 1 fully saturated rings. The van der Waals surface area contributed by atoms with Gasteiger partial charge in [0.1, 0.15) is 5.82 Å². The Bertz CT molecular complexity index is 811. The summed E-state index contributed by atoms with van der Waals surface area (Å²) in [5.74, 6) is 1.06. The van der Waals surface area contributed by atoms with Crippen molar-refractivity contribution >= 4 is 21.3 Å². The molecule has 0 spiro atoms. The predicted molar refractivity (Wildman–Crippen MR) is 97.3 cm³/mol. The lowest BCUT2D eigenvalue weighted by Crippen LogP contribution is -2.21. The van der Waals surface area contributed by atoms with E-state index in [2.05, 4.69) is 16.3 Å². The molecule has 2 heterocycles. The minimum absolute atomic E-state index is 0.336. The van der Waals surface area contributed by atoms with E-state index < -0.39 is 9.84 Å². The Balaban J connectivity index is 1.74. The maximum absolute atomic E-state index is 11.5. The van der Waals surface area contributed by atoms with Crippen LogP contribution in [0.15, 0.2) is 41.3 Å². The van der Waals surface area contributed by atoms with E-state index in [0.29, 0.717) is 11.4 Å². The fourth-order valence-corrected chi connectivity index (χ4v) is 3.56. The van der Waals surface area contributed by atoms with Crippen molar-refractivity contribution in [2.24, 2.45) is 0 Å². The van der Waals surface area contributed by atoms with Crippen LogP contribution in [0.1, 0.15) is 24.1 Å². The standard InChI is InChI=1S/C18H23N3O2S/c1-14-5-6-15(18(20-14)21-11-3-4-12-21)13-19-16-7-9-17(10-8-16)24(2,22)23/h5-10,19H,3-4,11-13H2,1-2H3. The van der Waals surface area contributed by atoms with Crippen molar-refractivity contribution in [1.29, 1.82) is 0 Å². The van der Waals surface area contributed by atoms with E-state index in [1.165, 1.54) is 19.1 Å². The molecule has 1 aliphatic rings. The van der Waals surface area contributed by atoms with Gasteiger partial charge in [-0.3, -0.25) is 0 Å². The van der Waals surface area contributed by atoms with E-state index in [4.69, 9.17) is 4.98 Å². The Labute approximate surface area is 143 Å². The second-order valence-electron chi connectivity index (χ2n) is 6.28. The molecular formula is C18H23N3O2S. The van der Waals surface area contributed by atoms with Gasteiger partial charge in [0, 0.05) is 42.8 Å². The van der Waals surface area contributed by atoms with E-state index >= 15 is 0 Å². The Hall–Kier alpha value is -2.08. The average Bonchev–Trinajstić information content (AvgIpc) is 3.07. The van der Waals surface area contributed by atoms with Gasteiger partial charge < -0.3 is 10.2 Å². The first-order chi connectivity index (χ1) is 11.4. The van der Waals surface area contributed by atoms with Crippen molar-refractivity contribution in [2.45, 2.75) is 31.2 Å². The van der Waals surface area contributed by atoms with Gasteiger partial charge in [-0.25, -0.2) is 13.4 Å². The zero-order valence-electron chi connectivity index (χ0n) is 14.1. The molecule has 3 rings (SSSR count). The highest BCUT2D eigenvalue weighted by molar-refractivity contribution is 7.90. The lowest BCUT2D eigenvalue weighted by atomic mass is 10.2. The van der Waals surface area contributed by atoms with Crippen molar-refractivity contribution in [1.82, 2.24) is 4.98 Å². The molecule has 0 saturated carbocycles. The number of aryl methyl sites for hydroxylation is 1. The Kier molecular flexibility index (Phi) is 4.76. The van der Waals surface area contributed by atoms with E-state index in [1.807, 2.05) is 13.0 Å². The highest BCUT2D eigenvalue weighted by Crippen LogP contribution is 2.24. The van der Waals surface area contributed by atoms with Gasteiger partial charge in [-0.15, -0.1) is 0 Å². The topological polar surface area (TPSA) is 62.3 Å². The Morgan fingerprint density at radius 2 is 1.75 bits per heavy atom. The first-order valence-corrected chi connectivity index (χ1v) is 10.1. The number of hydrogen-bond donors (Lipinski definition) is 1. The summed E-state index contributed by atoms with van der Waals surface area (Å²) in [6.45, 7) is 4.80. The number of nitrogens with one attached hydrogen (secondary N) is 1. The van der Waals surface area contributed by atoms with Gasteiger partial charge >= 0.3 is 0 Å². The van der Waals surface area contributed by atoms with Crippen LogP contribution in [0.3, 0.4) is 0 Å². The zero-order chi connectivity index (χ0) is 17.2. The molecule has 6 heteroatoms. The molecule has 0 aliphatic carbocycles. The van der Waals surface area contributed by atoms with Gasteiger partial charge in [-0.2, -0.15) is 0 Å². The van der Waals surface area contributed by atoms with Crippen molar-refractivity contribution in [3.8, 4) is 0 Å². The van der Waals surface area contributed by atoms with Gasteiger partial charge in [-0.05, 0) is 50.1 Å². The quantitative estimate of drug-likeness (QED) is 0.902. The summed E-state index contributed by atoms with van der Waals surface area (Å²) < 4.78 is 23.0. The molecule has 1 saturated heterocycles. The molecule has 0 atom stereocenters. The summed E-state index contributed by atoms with van der Waals surface area (Å²) in [6, 6.07) is 11.0. The summed E-state index contributed by atoms with van der Waals surface area (Å²) >= 11 is 0. The average molecular weight is 345 g/mol. The van der Waals surface area contributed by atoms with Crippen LogP contribution < -0.4 is 10.2 Å². The summed E-state index contributed by atoms with van der Waals surface area (Å²) in [6.07, 6.45) is 3.65. The van der Waals surface area contributed by atoms with E-state index in [1.54, 1.807) is 24.3 Å². The molecule has 0 amide bonds. The molecule has 0 radical (unpaired) electrons. The smallest absolute Gasteiger partial charge is 0.175 e. The van der Waals surface area contributed by atoms with Crippen LogP contribution in [-0.4, -0.2) is 32.7 Å². The van der Waals surface area contributed by atoms with Crippen molar-refractivity contribution in [2.75, 3.05) is 29.6 Å². The second-order valence-corrected chi connectivity index (χ2v) is 8.30. The Morgan fingerprint density at radius 1 is 1.08 bits per heavy atom. The fourth-order valence-electron chi connectivity index (χ4n) is 2.93. The molecule has 1 aliphatic heterocycles. The highest BCUT2D eigenvalue weighted by Gasteiger charge is 2.17. The van der Waals surface area contributed by atoms with Gasteiger partial charge in [0.15, 0.2) is 9.84 Å². The third-order valence-corrected chi connectivity index (χ3v) is 5.39. The molecule has 0 bridgehead atoms. The van der Waals surface area contributed by atoms with Gasteiger partial charge in [0.2, 0.25) is 0 Å². The number of hydrogen-bond acceptors (Lipinski definition) is 5. The highest BCUT2D eigenvalue weighted by atomic mass is 32.2. The molecule has 1 aromatic heterocycles. The zero-order valence-corrected chi connectivity index (χ0v) is 14.9. The van der Waals surface area contributed by atoms with Crippen molar-refractivity contribution in [3.05, 3.63) is 47.7 Å². The normalized spacial score (nSPS) is 14.8. The van der Waals surface area contributed by atoms with Crippen LogP contribution in [-0.2, 0) is 16.4 Å². The van der Waals surface area contributed by atoms with E-state index in [-0.39, 0.29) is 0 Å². The van der Waals surface area contributed by atoms with E-state index in [0.717, 1.165) is 35.9 Å². The first-order valence-electron chi connectivity index (χ1n) is 8.19. The Morgan fingerprint density at radius 3 is 2.38 bits per heavy atom. The van der Waals surface area contributed by atoms with Crippen LogP contribution >= 0.6 is 0 Å². The monoisotopic (exact) mass is 345 g/mol. The van der Waals surface area contributed by atoms with Crippen LogP contribution in [0.4, 0.5) is 11.5 Å². The number of pyridine rings is 1. The van der Waals surface area contributed by atoms with E-state index in [9.17, 15) is 8.42 Å². The summed E-state index contributed by atoms with van der Waals surface area (Å²) in [5.41, 5.74) is 3.09. The maximum Gasteiger partial charge on any atom is 0.175 e. The number of aromatic nitrogens is 1.